The fourth-order valence-electron chi connectivity index (χ4n) is 1.59. The van der Waals surface area contributed by atoms with E-state index in [0.717, 1.165) is 5.69 Å². The first-order chi connectivity index (χ1) is 9.54. The van der Waals surface area contributed by atoms with E-state index in [1.165, 1.54) is 0 Å². The Morgan fingerprint density at radius 1 is 1.05 bits per heavy atom. The first-order valence-electron chi connectivity index (χ1n) is 5.81. The number of hydrogen-bond acceptors (Lipinski definition) is 3. The number of carbonyl (C=O) groups excluding carboxylic acids is 1. The van der Waals surface area contributed by atoms with Gasteiger partial charge in [-0.2, -0.15) is 0 Å². The minimum Gasteiger partial charge on any atom is -0.508 e. The van der Waals surface area contributed by atoms with Crippen LogP contribution < -0.4 is 16.4 Å². The molecule has 0 radical (unpaired) electrons. The van der Waals surface area contributed by atoms with Crippen molar-refractivity contribution in [1.29, 1.82) is 0 Å². The van der Waals surface area contributed by atoms with Crippen LogP contribution in [-0.4, -0.2) is 16.1 Å². The predicted octanol–water partition coefficient (Wildman–Crippen LogP) is 2.30. The van der Waals surface area contributed by atoms with E-state index in [0.29, 0.717) is 16.4 Å². The molecule has 0 aliphatic rings. The summed E-state index contributed by atoms with van der Waals surface area (Å²) in [6.45, 7) is 0. The summed E-state index contributed by atoms with van der Waals surface area (Å²) in [6, 6.07) is 13.3. The molecule has 6 heteroatoms. The maximum atomic E-state index is 10.9. The van der Waals surface area contributed by atoms with Crippen LogP contribution in [0, 0.1) is 0 Å². The molecule has 0 unspecified atom stereocenters. The molecule has 2 aromatic carbocycles. The molecule has 0 bridgehead atoms. The van der Waals surface area contributed by atoms with Crippen LogP contribution in [0.2, 0.25) is 0 Å². The van der Waals surface area contributed by atoms with Crippen LogP contribution >= 0.6 is 12.2 Å². The molecule has 0 heterocycles. The van der Waals surface area contributed by atoms with Gasteiger partial charge in [0.2, 0.25) is 5.91 Å². The van der Waals surface area contributed by atoms with Crippen molar-refractivity contribution in [2.75, 3.05) is 10.6 Å². The third kappa shape index (κ3) is 3.69. The smallest absolute Gasteiger partial charge is 0.248 e. The maximum Gasteiger partial charge on any atom is 0.248 e. The molecule has 2 rings (SSSR count). The lowest BCUT2D eigenvalue weighted by atomic mass is 10.2. The second kappa shape index (κ2) is 6.03. The van der Waals surface area contributed by atoms with Crippen molar-refractivity contribution in [2.45, 2.75) is 0 Å². The number of benzene rings is 2. The zero-order chi connectivity index (χ0) is 14.5. The van der Waals surface area contributed by atoms with Gasteiger partial charge >= 0.3 is 0 Å². The fraction of sp³-hybridized carbons (Fsp3) is 0. The first-order valence-corrected chi connectivity index (χ1v) is 6.22. The van der Waals surface area contributed by atoms with E-state index in [9.17, 15) is 9.90 Å². The van der Waals surface area contributed by atoms with Crippen LogP contribution in [0.1, 0.15) is 10.4 Å². The lowest BCUT2D eigenvalue weighted by Crippen LogP contribution is -2.19. The van der Waals surface area contributed by atoms with Crippen LogP contribution in [0.3, 0.4) is 0 Å². The van der Waals surface area contributed by atoms with Crippen molar-refractivity contribution < 1.29 is 9.90 Å². The van der Waals surface area contributed by atoms with Crippen molar-refractivity contribution in [2.24, 2.45) is 5.73 Å². The van der Waals surface area contributed by atoms with Crippen LogP contribution in [0.15, 0.2) is 48.5 Å². The fourth-order valence-corrected chi connectivity index (χ4v) is 1.83. The van der Waals surface area contributed by atoms with Gasteiger partial charge in [0.05, 0.1) is 0 Å². The van der Waals surface area contributed by atoms with Crippen LogP contribution in [0.5, 0.6) is 5.75 Å². The summed E-state index contributed by atoms with van der Waals surface area (Å²) < 4.78 is 0. The lowest BCUT2D eigenvalue weighted by Gasteiger charge is -2.10. The van der Waals surface area contributed by atoms with Gasteiger partial charge in [-0.05, 0) is 48.6 Å². The molecule has 0 aliphatic heterocycles. The van der Waals surface area contributed by atoms with Gasteiger partial charge in [-0.25, -0.2) is 0 Å². The zero-order valence-electron chi connectivity index (χ0n) is 10.5. The van der Waals surface area contributed by atoms with E-state index < -0.39 is 5.91 Å². The van der Waals surface area contributed by atoms with E-state index in [-0.39, 0.29) is 5.75 Å². The molecule has 0 spiro atoms. The van der Waals surface area contributed by atoms with Gasteiger partial charge in [0.25, 0.3) is 0 Å². The molecule has 1 amide bonds. The second-order valence-electron chi connectivity index (χ2n) is 4.07. The Hall–Kier alpha value is -2.60. The Morgan fingerprint density at radius 2 is 1.70 bits per heavy atom. The molecular weight excluding hydrogens is 274 g/mol. The number of aromatic hydroxyl groups is 1. The largest absolute Gasteiger partial charge is 0.508 e. The highest BCUT2D eigenvalue weighted by atomic mass is 32.1. The quantitative estimate of drug-likeness (QED) is 0.651. The molecule has 2 aromatic rings. The van der Waals surface area contributed by atoms with Crippen LogP contribution in [0.4, 0.5) is 11.4 Å². The number of rotatable bonds is 3. The molecular formula is C14H13N3O2S. The first kappa shape index (κ1) is 13.8. The van der Waals surface area contributed by atoms with E-state index >= 15 is 0 Å². The normalized spacial score (nSPS) is 9.80. The van der Waals surface area contributed by atoms with Crippen molar-refractivity contribution >= 4 is 34.6 Å². The van der Waals surface area contributed by atoms with Crippen LogP contribution in [-0.2, 0) is 0 Å². The van der Waals surface area contributed by atoms with E-state index in [2.05, 4.69) is 10.6 Å². The molecule has 0 atom stereocenters. The summed E-state index contributed by atoms with van der Waals surface area (Å²) in [5.74, 6) is -0.319. The summed E-state index contributed by atoms with van der Waals surface area (Å²) in [6.07, 6.45) is 0. The number of nitrogens with one attached hydrogen (secondary N) is 2. The number of phenols is 1. The standard InChI is InChI=1S/C14H13N3O2S/c15-13(19)9-4-6-10(7-5-9)16-14(20)17-11-2-1-3-12(18)8-11/h1-8,18H,(H2,15,19)(H2,16,17,20). The van der Waals surface area contributed by atoms with Gasteiger partial charge in [-0.3, -0.25) is 4.79 Å². The van der Waals surface area contributed by atoms with Crippen molar-refractivity contribution in [3.05, 3.63) is 54.1 Å². The van der Waals surface area contributed by atoms with E-state index in [1.807, 2.05) is 0 Å². The molecule has 0 saturated heterocycles. The summed E-state index contributed by atoms with van der Waals surface area (Å²) in [5, 5.41) is 15.6. The molecule has 20 heavy (non-hydrogen) atoms. The van der Waals surface area contributed by atoms with E-state index in [4.69, 9.17) is 18.0 Å². The highest BCUT2D eigenvalue weighted by Gasteiger charge is 2.02. The van der Waals surface area contributed by atoms with Gasteiger partial charge in [-0.1, -0.05) is 6.07 Å². The van der Waals surface area contributed by atoms with Crippen molar-refractivity contribution in [1.82, 2.24) is 0 Å². The Balaban J connectivity index is 1.99. The minimum absolute atomic E-state index is 0.156. The average molecular weight is 287 g/mol. The topological polar surface area (TPSA) is 87.4 Å². The third-order valence-electron chi connectivity index (χ3n) is 2.53. The third-order valence-corrected chi connectivity index (χ3v) is 2.74. The predicted molar refractivity (Wildman–Crippen MR) is 82.9 cm³/mol. The number of phenolic OH excluding ortho intramolecular Hbond substituents is 1. The summed E-state index contributed by atoms with van der Waals surface area (Å²) >= 11 is 5.15. The number of amides is 1. The van der Waals surface area contributed by atoms with E-state index in [1.54, 1.807) is 48.5 Å². The Labute approximate surface area is 121 Å². The van der Waals surface area contributed by atoms with Crippen LogP contribution in [0.25, 0.3) is 0 Å². The Morgan fingerprint density at radius 3 is 2.30 bits per heavy atom. The highest BCUT2D eigenvalue weighted by Crippen LogP contribution is 2.16. The van der Waals surface area contributed by atoms with Gasteiger partial charge < -0.3 is 21.5 Å². The molecule has 0 saturated carbocycles. The molecule has 0 aromatic heterocycles. The Bertz CT molecular complexity index is 641. The minimum atomic E-state index is -0.475. The average Bonchev–Trinajstić information content (AvgIpc) is 2.39. The van der Waals surface area contributed by atoms with Gasteiger partial charge in [-0.15, -0.1) is 0 Å². The SMILES string of the molecule is NC(=O)c1ccc(NC(=S)Nc2cccc(O)c2)cc1. The highest BCUT2D eigenvalue weighted by molar-refractivity contribution is 7.80. The van der Waals surface area contributed by atoms with Gasteiger partial charge in [0.1, 0.15) is 5.75 Å². The molecule has 0 aliphatic carbocycles. The number of hydrogen-bond donors (Lipinski definition) is 4. The van der Waals surface area contributed by atoms with Gasteiger partial charge in [0.15, 0.2) is 5.11 Å². The number of thiocarbonyl (C=S) groups is 1. The van der Waals surface area contributed by atoms with Crippen molar-refractivity contribution in [3.8, 4) is 5.75 Å². The Kier molecular flexibility index (Phi) is 4.17. The molecule has 5 nitrogen and oxygen atoms in total. The second-order valence-corrected chi connectivity index (χ2v) is 4.48. The molecule has 102 valence electrons. The summed E-state index contributed by atoms with van der Waals surface area (Å²) in [4.78, 5) is 10.9. The maximum absolute atomic E-state index is 10.9. The van der Waals surface area contributed by atoms with Gasteiger partial charge in [0, 0.05) is 23.0 Å². The number of anilines is 2. The zero-order valence-corrected chi connectivity index (χ0v) is 11.3. The number of primary amides is 1. The summed E-state index contributed by atoms with van der Waals surface area (Å²) in [5.41, 5.74) is 7.00. The number of carbonyl (C=O) groups is 1. The molecule has 0 fully saturated rings. The summed E-state index contributed by atoms with van der Waals surface area (Å²) in [7, 11) is 0. The lowest BCUT2D eigenvalue weighted by molar-refractivity contribution is 0.100. The van der Waals surface area contributed by atoms with Crippen molar-refractivity contribution in [3.63, 3.8) is 0 Å². The molecule has 5 N–H and O–H groups in total. The monoisotopic (exact) mass is 287 g/mol. The number of nitrogens with two attached hydrogens (primary N) is 1.